The third kappa shape index (κ3) is 2.82. The van der Waals surface area contributed by atoms with E-state index >= 15 is 0 Å². The van der Waals surface area contributed by atoms with Crippen LogP contribution in [0.3, 0.4) is 0 Å². The lowest BCUT2D eigenvalue weighted by Gasteiger charge is -2.22. The summed E-state index contributed by atoms with van der Waals surface area (Å²) in [6.45, 7) is 3.81. The molecule has 2 atom stereocenters. The molecule has 0 radical (unpaired) electrons. The summed E-state index contributed by atoms with van der Waals surface area (Å²) in [5, 5.41) is 8.70. The predicted molar refractivity (Wildman–Crippen MR) is 84.8 cm³/mol. The Labute approximate surface area is 145 Å². The number of carbonyl (C=O) groups is 1. The van der Waals surface area contributed by atoms with Gasteiger partial charge in [0.25, 0.3) is 5.91 Å². The number of halogens is 3. The summed E-state index contributed by atoms with van der Waals surface area (Å²) in [5.41, 5.74) is -0.469. The molecule has 25 heavy (non-hydrogen) atoms. The Morgan fingerprint density at radius 2 is 2.20 bits per heavy atom. The van der Waals surface area contributed by atoms with Gasteiger partial charge in [0.05, 0.1) is 5.69 Å². The summed E-state index contributed by atoms with van der Waals surface area (Å²) in [6, 6.07) is 1.12. The van der Waals surface area contributed by atoms with E-state index in [2.05, 4.69) is 15.4 Å². The van der Waals surface area contributed by atoms with Crippen molar-refractivity contribution in [2.75, 3.05) is 19.6 Å². The number of hydrogen-bond acceptors (Lipinski definition) is 5. The van der Waals surface area contributed by atoms with Gasteiger partial charge in [-0.25, -0.2) is 9.67 Å². The zero-order valence-electron chi connectivity index (χ0n) is 13.4. The number of rotatable bonds is 2. The number of thiazole rings is 1. The minimum Gasteiger partial charge on any atom is -0.333 e. The number of carbonyl (C=O) groups excluding carboxylic acids is 1. The highest BCUT2D eigenvalue weighted by Crippen LogP contribution is 2.33. The van der Waals surface area contributed by atoms with E-state index in [4.69, 9.17) is 0 Å². The Morgan fingerprint density at radius 3 is 2.96 bits per heavy atom. The van der Waals surface area contributed by atoms with Crippen molar-refractivity contribution in [3.63, 3.8) is 0 Å². The van der Waals surface area contributed by atoms with Gasteiger partial charge in [0.1, 0.15) is 5.69 Å². The average Bonchev–Trinajstić information content (AvgIpc) is 3.28. The van der Waals surface area contributed by atoms with E-state index < -0.39 is 11.9 Å². The normalized spacial score (nSPS) is 23.3. The topological polar surface area (TPSA) is 63.1 Å². The van der Waals surface area contributed by atoms with Crippen LogP contribution in [0, 0.1) is 12.8 Å². The molecule has 0 saturated carbocycles. The van der Waals surface area contributed by atoms with Crippen molar-refractivity contribution >= 4 is 17.2 Å². The minimum absolute atomic E-state index is 0.0454. The molecule has 6 nitrogen and oxygen atoms in total. The fourth-order valence-electron chi connectivity index (χ4n) is 3.56. The Bertz CT molecular complexity index is 814. The standard InChI is InChI=1S/C15H16F3N5OS/c1-8-4-12(15(16,17)18)23(21-8)14-20-10(7-25-14)13(24)22-3-2-9-5-19-6-11(9)22/h4,7,9,11,19H,2-3,5-6H2,1H3/t9-,11+/m0/s1. The number of alkyl halides is 3. The number of nitrogens with zero attached hydrogens (tertiary/aromatic N) is 4. The van der Waals surface area contributed by atoms with Crippen LogP contribution in [0.25, 0.3) is 5.13 Å². The number of likely N-dealkylation sites (tertiary alicyclic amines) is 1. The van der Waals surface area contributed by atoms with E-state index in [-0.39, 0.29) is 28.5 Å². The third-order valence-corrected chi connectivity index (χ3v) is 5.54. The van der Waals surface area contributed by atoms with E-state index in [1.54, 1.807) is 4.90 Å². The van der Waals surface area contributed by atoms with Crippen molar-refractivity contribution < 1.29 is 18.0 Å². The highest BCUT2D eigenvalue weighted by Gasteiger charge is 2.41. The Hall–Kier alpha value is -1.94. The largest absolute Gasteiger partial charge is 0.433 e. The monoisotopic (exact) mass is 371 g/mol. The summed E-state index contributed by atoms with van der Waals surface area (Å²) < 4.78 is 40.2. The van der Waals surface area contributed by atoms with Gasteiger partial charge in [-0.3, -0.25) is 4.79 Å². The van der Waals surface area contributed by atoms with Gasteiger partial charge in [-0.1, -0.05) is 0 Å². The smallest absolute Gasteiger partial charge is 0.333 e. The van der Waals surface area contributed by atoms with Crippen LogP contribution in [0.2, 0.25) is 0 Å². The Balaban J connectivity index is 1.62. The van der Waals surface area contributed by atoms with Crippen LogP contribution in [0.15, 0.2) is 11.4 Å². The number of aromatic nitrogens is 3. The fourth-order valence-corrected chi connectivity index (χ4v) is 4.32. The van der Waals surface area contributed by atoms with E-state index in [1.807, 2.05) is 0 Å². The number of fused-ring (bicyclic) bond motifs is 1. The Morgan fingerprint density at radius 1 is 1.40 bits per heavy atom. The first kappa shape index (κ1) is 16.5. The molecule has 0 unspecified atom stereocenters. The molecule has 0 aromatic carbocycles. The number of hydrogen-bond donors (Lipinski definition) is 1. The van der Waals surface area contributed by atoms with Crippen LogP contribution >= 0.6 is 11.3 Å². The summed E-state index contributed by atoms with van der Waals surface area (Å²) in [6.07, 6.45) is -3.59. The molecular formula is C15H16F3N5OS. The SMILES string of the molecule is Cc1cc(C(F)(F)F)n(-c2nc(C(=O)N3CC[C@H]4CNC[C@H]43)cs2)n1. The average molecular weight is 371 g/mol. The molecule has 134 valence electrons. The fraction of sp³-hybridized carbons (Fsp3) is 0.533. The van der Waals surface area contributed by atoms with E-state index in [0.717, 1.165) is 41.6 Å². The molecule has 1 amide bonds. The van der Waals surface area contributed by atoms with Crippen molar-refractivity contribution in [3.05, 3.63) is 28.5 Å². The molecule has 2 fully saturated rings. The lowest BCUT2D eigenvalue weighted by molar-refractivity contribution is -0.142. The highest BCUT2D eigenvalue weighted by molar-refractivity contribution is 7.12. The van der Waals surface area contributed by atoms with Gasteiger partial charge in [0.15, 0.2) is 5.69 Å². The van der Waals surface area contributed by atoms with Gasteiger partial charge in [-0.2, -0.15) is 18.3 Å². The van der Waals surface area contributed by atoms with Crippen molar-refractivity contribution in [2.45, 2.75) is 25.6 Å². The molecule has 10 heteroatoms. The third-order valence-electron chi connectivity index (χ3n) is 4.72. The number of amides is 1. The molecule has 0 aliphatic carbocycles. The number of nitrogens with one attached hydrogen (secondary N) is 1. The molecule has 4 rings (SSSR count). The van der Waals surface area contributed by atoms with Gasteiger partial charge in [-0.15, -0.1) is 11.3 Å². The molecule has 1 N–H and O–H groups in total. The lowest BCUT2D eigenvalue weighted by atomic mass is 10.1. The maximum absolute atomic E-state index is 13.1. The first-order valence-electron chi connectivity index (χ1n) is 7.96. The van der Waals surface area contributed by atoms with Gasteiger partial charge < -0.3 is 10.2 Å². The van der Waals surface area contributed by atoms with Crippen LogP contribution < -0.4 is 5.32 Å². The van der Waals surface area contributed by atoms with Crippen LogP contribution in [-0.4, -0.2) is 51.2 Å². The second-order valence-corrected chi connectivity index (χ2v) is 7.21. The van der Waals surface area contributed by atoms with Crippen LogP contribution in [0.5, 0.6) is 0 Å². The second kappa shape index (κ2) is 5.80. The zero-order chi connectivity index (χ0) is 17.8. The Kier molecular flexibility index (Phi) is 3.84. The summed E-state index contributed by atoms with van der Waals surface area (Å²) in [7, 11) is 0. The first-order valence-corrected chi connectivity index (χ1v) is 8.84. The van der Waals surface area contributed by atoms with Crippen molar-refractivity contribution in [3.8, 4) is 5.13 Å². The quantitative estimate of drug-likeness (QED) is 0.878. The number of aryl methyl sites for hydroxylation is 1. The van der Waals surface area contributed by atoms with E-state index in [9.17, 15) is 18.0 Å². The summed E-state index contributed by atoms with van der Waals surface area (Å²) >= 11 is 0.985. The van der Waals surface area contributed by atoms with Crippen molar-refractivity contribution in [2.24, 2.45) is 5.92 Å². The zero-order valence-corrected chi connectivity index (χ0v) is 14.2. The second-order valence-electron chi connectivity index (χ2n) is 6.37. The molecular weight excluding hydrogens is 355 g/mol. The molecule has 2 saturated heterocycles. The molecule has 0 bridgehead atoms. The van der Waals surface area contributed by atoms with Crippen LogP contribution in [0.4, 0.5) is 13.2 Å². The van der Waals surface area contributed by atoms with Crippen LogP contribution in [0.1, 0.15) is 28.3 Å². The van der Waals surface area contributed by atoms with Gasteiger partial charge in [0, 0.05) is 31.1 Å². The molecule has 2 aromatic heterocycles. The summed E-state index contributed by atoms with van der Waals surface area (Å²) in [5.74, 6) is 0.226. The first-order chi connectivity index (χ1) is 11.8. The van der Waals surface area contributed by atoms with Gasteiger partial charge >= 0.3 is 6.18 Å². The molecule has 2 aliphatic rings. The van der Waals surface area contributed by atoms with Crippen molar-refractivity contribution in [1.82, 2.24) is 25.0 Å². The predicted octanol–water partition coefficient (Wildman–Crippen LogP) is 2.09. The van der Waals surface area contributed by atoms with Crippen LogP contribution in [-0.2, 0) is 6.18 Å². The molecule has 4 heterocycles. The maximum Gasteiger partial charge on any atom is 0.433 e. The van der Waals surface area contributed by atoms with E-state index in [1.165, 1.54) is 12.3 Å². The van der Waals surface area contributed by atoms with Gasteiger partial charge in [0.2, 0.25) is 5.13 Å². The molecule has 2 aromatic rings. The minimum atomic E-state index is -4.53. The summed E-state index contributed by atoms with van der Waals surface area (Å²) in [4.78, 5) is 18.6. The molecule has 0 spiro atoms. The highest BCUT2D eigenvalue weighted by atomic mass is 32.1. The van der Waals surface area contributed by atoms with Crippen molar-refractivity contribution in [1.29, 1.82) is 0 Å². The maximum atomic E-state index is 13.1. The van der Waals surface area contributed by atoms with Gasteiger partial charge in [-0.05, 0) is 25.3 Å². The van der Waals surface area contributed by atoms with E-state index in [0.29, 0.717) is 12.5 Å². The lowest BCUT2D eigenvalue weighted by Crippen LogP contribution is -2.39. The molecule has 2 aliphatic heterocycles.